The van der Waals surface area contributed by atoms with Gasteiger partial charge >= 0.3 is 0 Å². The molecule has 1 aliphatic heterocycles. The average Bonchev–Trinajstić information content (AvgIpc) is 2.17. The van der Waals surface area contributed by atoms with Gasteiger partial charge in [-0.15, -0.1) is 6.58 Å². The molecule has 0 aromatic rings. The van der Waals surface area contributed by atoms with E-state index in [1.807, 2.05) is 13.1 Å². The van der Waals surface area contributed by atoms with E-state index < -0.39 is 0 Å². The van der Waals surface area contributed by atoms with Crippen molar-refractivity contribution in [3.63, 3.8) is 0 Å². The SMILES string of the molecule is C=CCCN1CCC(CNC)CC1. The van der Waals surface area contributed by atoms with E-state index in [2.05, 4.69) is 16.8 Å². The van der Waals surface area contributed by atoms with Crippen LogP contribution in [0.15, 0.2) is 12.7 Å². The van der Waals surface area contributed by atoms with Gasteiger partial charge in [-0.1, -0.05) is 6.08 Å². The summed E-state index contributed by atoms with van der Waals surface area (Å²) in [7, 11) is 2.05. The number of likely N-dealkylation sites (tertiary alicyclic amines) is 1. The molecular formula is C11H22N2. The first-order valence-corrected chi connectivity index (χ1v) is 5.34. The van der Waals surface area contributed by atoms with Gasteiger partial charge in [0, 0.05) is 6.54 Å². The van der Waals surface area contributed by atoms with Crippen LogP contribution in [0.2, 0.25) is 0 Å². The molecule has 1 aliphatic rings. The molecule has 0 saturated carbocycles. The van der Waals surface area contributed by atoms with Gasteiger partial charge in [-0.25, -0.2) is 0 Å². The molecule has 0 amide bonds. The van der Waals surface area contributed by atoms with Gasteiger partial charge in [0.2, 0.25) is 0 Å². The Hall–Kier alpha value is -0.340. The monoisotopic (exact) mass is 182 g/mol. The van der Waals surface area contributed by atoms with E-state index in [1.165, 1.54) is 39.0 Å². The van der Waals surface area contributed by atoms with Gasteiger partial charge in [-0.05, 0) is 51.9 Å². The second kappa shape index (κ2) is 6.17. The van der Waals surface area contributed by atoms with Crippen LogP contribution in [0.3, 0.4) is 0 Å². The van der Waals surface area contributed by atoms with Gasteiger partial charge in [0.1, 0.15) is 0 Å². The summed E-state index contributed by atoms with van der Waals surface area (Å²) < 4.78 is 0. The van der Waals surface area contributed by atoms with Crippen molar-refractivity contribution in [2.24, 2.45) is 5.92 Å². The van der Waals surface area contributed by atoms with E-state index in [4.69, 9.17) is 0 Å². The van der Waals surface area contributed by atoms with E-state index in [0.717, 1.165) is 12.3 Å². The molecule has 1 saturated heterocycles. The number of hydrogen-bond donors (Lipinski definition) is 1. The number of hydrogen-bond acceptors (Lipinski definition) is 2. The summed E-state index contributed by atoms with van der Waals surface area (Å²) in [6.45, 7) is 8.70. The van der Waals surface area contributed by atoms with Crippen LogP contribution in [0.5, 0.6) is 0 Å². The van der Waals surface area contributed by atoms with Crippen LogP contribution in [0.1, 0.15) is 19.3 Å². The zero-order valence-corrected chi connectivity index (χ0v) is 8.76. The Labute approximate surface area is 82.0 Å². The fraction of sp³-hybridized carbons (Fsp3) is 0.818. The van der Waals surface area contributed by atoms with Crippen LogP contribution in [0.25, 0.3) is 0 Å². The van der Waals surface area contributed by atoms with Gasteiger partial charge in [0.05, 0.1) is 0 Å². The standard InChI is InChI=1S/C11H22N2/c1-3-4-7-13-8-5-11(6-9-13)10-12-2/h3,11-12H,1,4-10H2,2H3. The molecule has 0 spiro atoms. The molecule has 1 rings (SSSR count). The van der Waals surface area contributed by atoms with Crippen LogP contribution in [0, 0.1) is 5.92 Å². The highest BCUT2D eigenvalue weighted by atomic mass is 15.1. The molecule has 0 aromatic carbocycles. The molecule has 0 unspecified atom stereocenters. The largest absolute Gasteiger partial charge is 0.319 e. The summed E-state index contributed by atoms with van der Waals surface area (Å²) in [6.07, 6.45) is 5.87. The Balaban J connectivity index is 2.11. The maximum absolute atomic E-state index is 3.75. The lowest BCUT2D eigenvalue weighted by Crippen LogP contribution is -2.37. The third-order valence-corrected chi connectivity index (χ3v) is 2.85. The zero-order valence-electron chi connectivity index (χ0n) is 8.76. The predicted molar refractivity (Wildman–Crippen MR) is 57.9 cm³/mol. The molecule has 0 aliphatic carbocycles. The van der Waals surface area contributed by atoms with E-state index in [0.29, 0.717) is 0 Å². The third kappa shape index (κ3) is 3.92. The van der Waals surface area contributed by atoms with E-state index in [-0.39, 0.29) is 0 Å². The van der Waals surface area contributed by atoms with Gasteiger partial charge in [0.15, 0.2) is 0 Å². The molecule has 0 aromatic heterocycles. The van der Waals surface area contributed by atoms with E-state index in [1.54, 1.807) is 0 Å². The molecule has 13 heavy (non-hydrogen) atoms. The Morgan fingerprint density at radius 2 is 2.15 bits per heavy atom. The van der Waals surface area contributed by atoms with Crippen LogP contribution in [-0.4, -0.2) is 38.1 Å². The molecule has 76 valence electrons. The van der Waals surface area contributed by atoms with E-state index in [9.17, 15) is 0 Å². The summed E-state index contributed by atoms with van der Waals surface area (Å²) >= 11 is 0. The average molecular weight is 182 g/mol. The van der Waals surface area contributed by atoms with Crippen LogP contribution < -0.4 is 5.32 Å². The highest BCUT2D eigenvalue weighted by Gasteiger charge is 2.17. The topological polar surface area (TPSA) is 15.3 Å². The van der Waals surface area contributed by atoms with Gasteiger partial charge < -0.3 is 10.2 Å². The Kier molecular flexibility index (Phi) is 5.09. The fourth-order valence-electron chi connectivity index (χ4n) is 1.98. The third-order valence-electron chi connectivity index (χ3n) is 2.85. The first kappa shape index (κ1) is 10.7. The lowest BCUT2D eigenvalue weighted by Gasteiger charge is -2.31. The van der Waals surface area contributed by atoms with Crippen molar-refractivity contribution in [1.29, 1.82) is 0 Å². The van der Waals surface area contributed by atoms with Crippen LogP contribution in [-0.2, 0) is 0 Å². The lowest BCUT2D eigenvalue weighted by molar-refractivity contribution is 0.186. The first-order valence-electron chi connectivity index (χ1n) is 5.34. The molecule has 1 N–H and O–H groups in total. The summed E-state index contributed by atoms with van der Waals surface area (Å²) in [6, 6.07) is 0. The Bertz CT molecular complexity index is 137. The number of piperidine rings is 1. The van der Waals surface area contributed by atoms with E-state index >= 15 is 0 Å². The lowest BCUT2D eigenvalue weighted by atomic mass is 9.97. The Morgan fingerprint density at radius 1 is 1.46 bits per heavy atom. The number of nitrogens with zero attached hydrogens (tertiary/aromatic N) is 1. The van der Waals surface area contributed by atoms with Crippen molar-refractivity contribution in [3.05, 3.63) is 12.7 Å². The van der Waals surface area contributed by atoms with Gasteiger partial charge in [-0.2, -0.15) is 0 Å². The minimum Gasteiger partial charge on any atom is -0.319 e. The van der Waals surface area contributed by atoms with Crippen molar-refractivity contribution in [1.82, 2.24) is 10.2 Å². The molecule has 1 fully saturated rings. The second-order valence-electron chi connectivity index (χ2n) is 3.92. The summed E-state index contributed by atoms with van der Waals surface area (Å²) in [5.74, 6) is 0.907. The number of rotatable bonds is 5. The van der Waals surface area contributed by atoms with Crippen molar-refractivity contribution >= 4 is 0 Å². The highest BCUT2D eigenvalue weighted by molar-refractivity contribution is 4.76. The predicted octanol–water partition coefficient (Wildman–Crippen LogP) is 1.49. The zero-order chi connectivity index (χ0) is 9.52. The molecule has 2 nitrogen and oxygen atoms in total. The van der Waals surface area contributed by atoms with Gasteiger partial charge in [-0.3, -0.25) is 0 Å². The normalized spacial score (nSPS) is 20.4. The summed E-state index contributed by atoms with van der Waals surface area (Å²) in [4.78, 5) is 2.55. The quantitative estimate of drug-likeness (QED) is 0.648. The van der Waals surface area contributed by atoms with Crippen molar-refractivity contribution in [3.8, 4) is 0 Å². The highest BCUT2D eigenvalue weighted by Crippen LogP contribution is 2.16. The molecule has 0 atom stereocenters. The summed E-state index contributed by atoms with van der Waals surface area (Å²) in [5.41, 5.74) is 0. The molecule has 1 heterocycles. The first-order chi connectivity index (χ1) is 6.36. The maximum atomic E-state index is 3.75. The molecule has 0 radical (unpaired) electrons. The molecule has 0 bridgehead atoms. The van der Waals surface area contributed by atoms with Crippen LogP contribution >= 0.6 is 0 Å². The second-order valence-corrected chi connectivity index (χ2v) is 3.92. The maximum Gasteiger partial charge on any atom is 0.00158 e. The Morgan fingerprint density at radius 3 is 2.69 bits per heavy atom. The fourth-order valence-corrected chi connectivity index (χ4v) is 1.98. The molecule has 2 heteroatoms. The van der Waals surface area contributed by atoms with Crippen molar-refractivity contribution in [2.45, 2.75) is 19.3 Å². The smallest absolute Gasteiger partial charge is 0.00158 e. The molecular weight excluding hydrogens is 160 g/mol. The van der Waals surface area contributed by atoms with Gasteiger partial charge in [0.25, 0.3) is 0 Å². The minimum atomic E-state index is 0.907. The van der Waals surface area contributed by atoms with Crippen molar-refractivity contribution < 1.29 is 0 Å². The van der Waals surface area contributed by atoms with Crippen molar-refractivity contribution in [2.75, 3.05) is 33.2 Å². The summed E-state index contributed by atoms with van der Waals surface area (Å²) in [5, 5.41) is 3.26. The van der Waals surface area contributed by atoms with Crippen LogP contribution in [0.4, 0.5) is 0 Å². The number of nitrogens with one attached hydrogen (secondary N) is 1. The minimum absolute atomic E-state index is 0.907.